The van der Waals surface area contributed by atoms with Crippen molar-refractivity contribution in [2.24, 2.45) is 5.41 Å². The topological polar surface area (TPSA) is 81.8 Å². The van der Waals surface area contributed by atoms with Gasteiger partial charge in [-0.2, -0.15) is 0 Å². The van der Waals surface area contributed by atoms with E-state index in [2.05, 4.69) is 10.6 Å². The highest BCUT2D eigenvalue weighted by Crippen LogP contribution is 2.22. The number of piperidine rings is 1. The van der Waals surface area contributed by atoms with E-state index in [-0.39, 0.29) is 41.9 Å². The molecule has 2 aliphatic heterocycles. The maximum Gasteiger partial charge on any atom is 0.315 e. The standard InChI is InChI=1S/C19H34N4O3/c1-14-8-7-11-23(14)17(25)12-20-18(26)21-15(19(2,3)4)13-22-10-6-5-9-16(22)24/h14-15H,5-13H2,1-4H3,(H2,20,21,26)/t14-,15?/m1/s1. The van der Waals surface area contributed by atoms with E-state index in [1.165, 1.54) is 0 Å². The number of amides is 4. The summed E-state index contributed by atoms with van der Waals surface area (Å²) >= 11 is 0. The maximum atomic E-state index is 12.3. The van der Waals surface area contributed by atoms with Gasteiger partial charge in [0, 0.05) is 32.1 Å². The lowest BCUT2D eigenvalue weighted by molar-refractivity contribution is -0.134. The lowest BCUT2D eigenvalue weighted by Crippen LogP contribution is -2.55. The summed E-state index contributed by atoms with van der Waals surface area (Å²) in [4.78, 5) is 40.3. The summed E-state index contributed by atoms with van der Waals surface area (Å²) < 4.78 is 0. The number of nitrogens with one attached hydrogen (secondary N) is 2. The van der Waals surface area contributed by atoms with Crippen LogP contribution in [0.15, 0.2) is 0 Å². The molecule has 0 radical (unpaired) electrons. The summed E-state index contributed by atoms with van der Waals surface area (Å²) in [5.41, 5.74) is -0.192. The van der Waals surface area contributed by atoms with Crippen LogP contribution in [0.5, 0.6) is 0 Å². The van der Waals surface area contributed by atoms with Crippen molar-refractivity contribution in [1.29, 1.82) is 0 Å². The zero-order chi connectivity index (χ0) is 19.3. The van der Waals surface area contributed by atoms with Gasteiger partial charge in [-0.25, -0.2) is 4.79 Å². The molecule has 2 saturated heterocycles. The van der Waals surface area contributed by atoms with Crippen LogP contribution in [0.3, 0.4) is 0 Å². The molecule has 1 unspecified atom stereocenters. The first-order valence-electron chi connectivity index (χ1n) is 9.80. The number of hydrogen-bond acceptors (Lipinski definition) is 3. The third-order valence-electron chi connectivity index (χ3n) is 5.45. The van der Waals surface area contributed by atoms with Crippen molar-refractivity contribution in [2.45, 2.75) is 71.9 Å². The Morgan fingerprint density at radius 3 is 2.50 bits per heavy atom. The fourth-order valence-corrected chi connectivity index (χ4v) is 3.58. The van der Waals surface area contributed by atoms with E-state index in [4.69, 9.17) is 0 Å². The van der Waals surface area contributed by atoms with Gasteiger partial charge in [0.15, 0.2) is 0 Å². The highest BCUT2D eigenvalue weighted by Gasteiger charge is 2.31. The highest BCUT2D eigenvalue weighted by molar-refractivity contribution is 5.84. The molecule has 148 valence electrons. The van der Waals surface area contributed by atoms with E-state index in [1.807, 2.05) is 37.5 Å². The molecule has 0 spiro atoms. The fraction of sp³-hybridized carbons (Fsp3) is 0.842. The van der Waals surface area contributed by atoms with E-state index in [1.54, 1.807) is 0 Å². The van der Waals surface area contributed by atoms with Gasteiger partial charge in [0.2, 0.25) is 11.8 Å². The van der Waals surface area contributed by atoms with E-state index in [0.717, 1.165) is 38.8 Å². The number of carbonyl (C=O) groups excluding carboxylic acids is 3. The van der Waals surface area contributed by atoms with Gasteiger partial charge in [0.1, 0.15) is 0 Å². The first kappa shape index (κ1) is 20.5. The van der Waals surface area contributed by atoms with Crippen LogP contribution in [0.1, 0.15) is 59.8 Å². The number of nitrogens with zero attached hydrogens (tertiary/aromatic N) is 2. The Morgan fingerprint density at radius 2 is 1.92 bits per heavy atom. The fourth-order valence-electron chi connectivity index (χ4n) is 3.58. The molecule has 2 heterocycles. The van der Waals surface area contributed by atoms with Gasteiger partial charge in [-0.3, -0.25) is 9.59 Å². The van der Waals surface area contributed by atoms with Crippen molar-refractivity contribution >= 4 is 17.8 Å². The molecule has 0 aliphatic carbocycles. The summed E-state index contributed by atoms with van der Waals surface area (Å²) in [6.07, 6.45) is 4.59. The Bertz CT molecular complexity index is 529. The minimum absolute atomic E-state index is 0.00960. The van der Waals surface area contributed by atoms with E-state index >= 15 is 0 Å². The number of urea groups is 1. The molecule has 2 fully saturated rings. The van der Waals surface area contributed by atoms with Crippen molar-refractivity contribution in [3.8, 4) is 0 Å². The van der Waals surface area contributed by atoms with E-state index < -0.39 is 0 Å². The highest BCUT2D eigenvalue weighted by atomic mass is 16.2. The van der Waals surface area contributed by atoms with Gasteiger partial charge < -0.3 is 20.4 Å². The number of hydrogen-bond donors (Lipinski definition) is 2. The number of likely N-dealkylation sites (tertiary alicyclic amines) is 2. The van der Waals surface area contributed by atoms with Crippen LogP contribution in [0.4, 0.5) is 4.79 Å². The summed E-state index contributed by atoms with van der Waals surface area (Å²) in [5, 5.41) is 5.65. The van der Waals surface area contributed by atoms with Crippen LogP contribution in [-0.2, 0) is 9.59 Å². The average Bonchev–Trinajstić information content (AvgIpc) is 2.99. The Kier molecular flexibility index (Phi) is 6.89. The Balaban J connectivity index is 1.85. The van der Waals surface area contributed by atoms with Crippen LogP contribution < -0.4 is 10.6 Å². The van der Waals surface area contributed by atoms with Crippen LogP contribution >= 0.6 is 0 Å². The van der Waals surface area contributed by atoms with Crippen LogP contribution in [-0.4, -0.2) is 65.9 Å². The zero-order valence-corrected chi connectivity index (χ0v) is 16.6. The molecular weight excluding hydrogens is 332 g/mol. The second kappa shape index (κ2) is 8.73. The quantitative estimate of drug-likeness (QED) is 0.777. The lowest BCUT2D eigenvalue weighted by Gasteiger charge is -2.37. The van der Waals surface area contributed by atoms with Crippen LogP contribution in [0.2, 0.25) is 0 Å². The normalized spacial score (nSPS) is 22.3. The summed E-state index contributed by atoms with van der Waals surface area (Å²) in [7, 11) is 0. The van der Waals surface area contributed by atoms with Gasteiger partial charge >= 0.3 is 6.03 Å². The number of carbonyl (C=O) groups is 3. The van der Waals surface area contributed by atoms with E-state index in [0.29, 0.717) is 13.0 Å². The summed E-state index contributed by atoms with van der Waals surface area (Å²) in [6.45, 7) is 10.2. The SMILES string of the molecule is C[C@@H]1CCCN1C(=O)CNC(=O)NC(CN1CCCCC1=O)C(C)(C)C. The molecule has 2 aliphatic rings. The van der Waals surface area contributed by atoms with Crippen molar-refractivity contribution in [1.82, 2.24) is 20.4 Å². The second-order valence-corrected chi connectivity index (χ2v) is 8.62. The molecule has 26 heavy (non-hydrogen) atoms. The summed E-state index contributed by atoms with van der Waals surface area (Å²) in [5.74, 6) is 0.120. The molecule has 0 aromatic carbocycles. The molecule has 0 bridgehead atoms. The van der Waals surface area contributed by atoms with Gasteiger partial charge in [-0.05, 0) is 38.0 Å². The summed E-state index contributed by atoms with van der Waals surface area (Å²) in [6, 6.07) is -0.278. The molecule has 2 rings (SSSR count). The Hall–Kier alpha value is -1.79. The van der Waals surface area contributed by atoms with Crippen molar-refractivity contribution in [3.05, 3.63) is 0 Å². The van der Waals surface area contributed by atoms with Crippen LogP contribution in [0.25, 0.3) is 0 Å². The molecule has 0 aromatic heterocycles. The first-order valence-corrected chi connectivity index (χ1v) is 9.80. The predicted molar refractivity (Wildman–Crippen MR) is 101 cm³/mol. The maximum absolute atomic E-state index is 12.3. The van der Waals surface area contributed by atoms with Crippen molar-refractivity contribution in [3.63, 3.8) is 0 Å². The third-order valence-corrected chi connectivity index (χ3v) is 5.45. The molecule has 7 nitrogen and oxygen atoms in total. The van der Waals surface area contributed by atoms with E-state index in [9.17, 15) is 14.4 Å². The third kappa shape index (κ3) is 5.61. The molecular formula is C19H34N4O3. The molecule has 7 heteroatoms. The van der Waals surface area contributed by atoms with Gasteiger partial charge in [-0.1, -0.05) is 20.8 Å². The molecule has 2 N–H and O–H groups in total. The second-order valence-electron chi connectivity index (χ2n) is 8.62. The lowest BCUT2D eigenvalue weighted by atomic mass is 9.86. The zero-order valence-electron chi connectivity index (χ0n) is 16.6. The monoisotopic (exact) mass is 366 g/mol. The smallest absolute Gasteiger partial charge is 0.315 e. The van der Waals surface area contributed by atoms with Gasteiger partial charge in [0.05, 0.1) is 12.6 Å². The van der Waals surface area contributed by atoms with Gasteiger partial charge in [-0.15, -0.1) is 0 Å². The van der Waals surface area contributed by atoms with Crippen molar-refractivity contribution < 1.29 is 14.4 Å². The molecule has 0 saturated carbocycles. The number of rotatable bonds is 5. The van der Waals surface area contributed by atoms with Gasteiger partial charge in [0.25, 0.3) is 0 Å². The molecule has 4 amide bonds. The van der Waals surface area contributed by atoms with Crippen molar-refractivity contribution in [2.75, 3.05) is 26.2 Å². The predicted octanol–water partition coefficient (Wildman–Crippen LogP) is 1.72. The largest absolute Gasteiger partial charge is 0.341 e. The minimum Gasteiger partial charge on any atom is -0.341 e. The Labute approximate surface area is 156 Å². The Morgan fingerprint density at radius 1 is 1.19 bits per heavy atom. The first-order chi connectivity index (χ1) is 12.2. The van der Waals surface area contributed by atoms with Crippen LogP contribution in [0, 0.1) is 5.41 Å². The average molecular weight is 367 g/mol. The molecule has 2 atom stereocenters. The molecule has 0 aromatic rings. The minimum atomic E-state index is -0.352.